The summed E-state index contributed by atoms with van der Waals surface area (Å²) in [5, 5.41) is 0. The molecule has 13 heavy (non-hydrogen) atoms. The standard InChI is InChI=1S/C7H8N2O3S/c1-13(11,12)5-2-3-7(10)6(4-5)9-8/h4H,2-3H2,1H3. The third-order valence-corrected chi connectivity index (χ3v) is 3.04. The number of carbonyl (C=O) groups excluding carboxylic acids is 1. The Bertz CT molecular complexity index is 427. The van der Waals surface area contributed by atoms with Crippen LogP contribution < -0.4 is 0 Å². The van der Waals surface area contributed by atoms with Crippen molar-refractivity contribution in [2.75, 3.05) is 6.26 Å². The van der Waals surface area contributed by atoms with Crippen LogP contribution in [-0.4, -0.2) is 31.0 Å². The number of rotatable bonds is 1. The average molecular weight is 200 g/mol. The molecular formula is C7H8N2O3S. The van der Waals surface area contributed by atoms with Gasteiger partial charge in [0.2, 0.25) is 5.78 Å². The summed E-state index contributed by atoms with van der Waals surface area (Å²) in [6, 6.07) is 0. The van der Waals surface area contributed by atoms with Gasteiger partial charge in [-0.1, -0.05) is 0 Å². The predicted octanol–water partition coefficient (Wildman–Crippen LogP) is -0.0514. The van der Waals surface area contributed by atoms with E-state index in [2.05, 4.69) is 4.79 Å². The van der Waals surface area contributed by atoms with Crippen LogP contribution in [0.2, 0.25) is 0 Å². The minimum Gasteiger partial charge on any atom is -0.361 e. The first-order valence-corrected chi connectivity index (χ1v) is 5.50. The van der Waals surface area contributed by atoms with Gasteiger partial charge in [-0.15, -0.1) is 0 Å². The number of hydrogen-bond donors (Lipinski definition) is 0. The summed E-state index contributed by atoms with van der Waals surface area (Å²) >= 11 is 0. The molecule has 0 radical (unpaired) electrons. The molecule has 1 aliphatic rings. The van der Waals surface area contributed by atoms with Crippen LogP contribution in [0.1, 0.15) is 12.8 Å². The molecule has 6 heteroatoms. The highest BCUT2D eigenvalue weighted by Gasteiger charge is 2.27. The van der Waals surface area contributed by atoms with Gasteiger partial charge < -0.3 is 5.53 Å². The number of sulfone groups is 1. The highest BCUT2D eigenvalue weighted by molar-refractivity contribution is 7.94. The normalized spacial score (nSPS) is 18.1. The number of allylic oxidation sites excluding steroid dienone is 2. The van der Waals surface area contributed by atoms with Crippen LogP contribution in [-0.2, 0) is 14.6 Å². The van der Waals surface area contributed by atoms with Crippen molar-refractivity contribution in [2.45, 2.75) is 12.8 Å². The molecule has 0 heterocycles. The number of carbonyl (C=O) groups is 1. The van der Waals surface area contributed by atoms with Gasteiger partial charge in [-0.3, -0.25) is 4.79 Å². The molecule has 1 rings (SSSR count). The SMILES string of the molecule is CS(=O)(=O)C1=CC(=[N+]=[N-])C(=O)CC1. The lowest BCUT2D eigenvalue weighted by molar-refractivity contribution is -0.117. The molecule has 0 aromatic rings. The lowest BCUT2D eigenvalue weighted by Gasteiger charge is -2.06. The summed E-state index contributed by atoms with van der Waals surface area (Å²) in [5.41, 5.74) is 8.18. The summed E-state index contributed by atoms with van der Waals surface area (Å²) in [6.45, 7) is 0. The number of hydrogen-bond acceptors (Lipinski definition) is 3. The van der Waals surface area contributed by atoms with E-state index >= 15 is 0 Å². The third-order valence-electron chi connectivity index (χ3n) is 1.77. The number of ketones is 1. The maximum absolute atomic E-state index is 11.0. The molecule has 0 fully saturated rings. The second kappa shape index (κ2) is 3.24. The molecule has 0 bridgehead atoms. The molecule has 0 saturated carbocycles. The van der Waals surface area contributed by atoms with Crippen LogP contribution in [0, 0.1) is 0 Å². The van der Waals surface area contributed by atoms with Crippen molar-refractivity contribution in [3.63, 3.8) is 0 Å². The zero-order valence-electron chi connectivity index (χ0n) is 7.02. The van der Waals surface area contributed by atoms with E-state index in [9.17, 15) is 13.2 Å². The van der Waals surface area contributed by atoms with Crippen molar-refractivity contribution in [3.05, 3.63) is 16.5 Å². The van der Waals surface area contributed by atoms with E-state index < -0.39 is 9.84 Å². The third kappa shape index (κ3) is 2.11. The van der Waals surface area contributed by atoms with E-state index in [0.29, 0.717) is 0 Å². The summed E-state index contributed by atoms with van der Waals surface area (Å²) in [6.07, 6.45) is 2.44. The van der Waals surface area contributed by atoms with Crippen LogP contribution >= 0.6 is 0 Å². The molecule has 0 saturated heterocycles. The van der Waals surface area contributed by atoms with Crippen LogP contribution in [0.15, 0.2) is 11.0 Å². The first-order chi connectivity index (χ1) is 5.95. The van der Waals surface area contributed by atoms with Crippen molar-refractivity contribution in [2.24, 2.45) is 0 Å². The Morgan fingerprint density at radius 1 is 1.46 bits per heavy atom. The maximum atomic E-state index is 11.0. The molecule has 0 spiro atoms. The summed E-state index contributed by atoms with van der Waals surface area (Å²) in [5.74, 6) is -0.338. The Kier molecular flexibility index (Phi) is 2.45. The summed E-state index contributed by atoms with van der Waals surface area (Å²) in [7, 11) is -3.28. The van der Waals surface area contributed by atoms with Gasteiger partial charge in [-0.25, -0.2) is 8.42 Å². The van der Waals surface area contributed by atoms with Gasteiger partial charge in [-0.2, -0.15) is 4.79 Å². The van der Waals surface area contributed by atoms with Gasteiger partial charge in [0.25, 0.3) is 0 Å². The van der Waals surface area contributed by atoms with E-state index in [4.69, 9.17) is 5.53 Å². The van der Waals surface area contributed by atoms with E-state index in [1.54, 1.807) is 0 Å². The Hall–Kier alpha value is -1.26. The minimum absolute atomic E-state index is 0.0816. The van der Waals surface area contributed by atoms with Gasteiger partial charge in [0.15, 0.2) is 9.84 Å². The Labute approximate surface area is 75.6 Å². The first kappa shape index (κ1) is 9.83. The van der Waals surface area contributed by atoms with Crippen molar-refractivity contribution < 1.29 is 18.0 Å². The van der Waals surface area contributed by atoms with Crippen LogP contribution in [0.3, 0.4) is 0 Å². The van der Waals surface area contributed by atoms with Gasteiger partial charge in [0, 0.05) is 18.8 Å². The van der Waals surface area contributed by atoms with Crippen molar-refractivity contribution in [1.29, 1.82) is 0 Å². The fourth-order valence-electron chi connectivity index (χ4n) is 1.05. The molecule has 0 N–H and O–H groups in total. The lowest BCUT2D eigenvalue weighted by atomic mass is 10.0. The summed E-state index contributed by atoms with van der Waals surface area (Å²) in [4.78, 5) is 13.8. The number of Topliss-reactive ketones (excluding diaryl/α,β-unsaturated/α-hetero) is 1. The Balaban J connectivity index is 3.20. The molecule has 0 aliphatic heterocycles. The molecular weight excluding hydrogens is 192 g/mol. The van der Waals surface area contributed by atoms with E-state index in [1.165, 1.54) is 0 Å². The zero-order chi connectivity index (χ0) is 10.1. The minimum atomic E-state index is -3.28. The van der Waals surface area contributed by atoms with E-state index in [-0.39, 0.29) is 29.2 Å². The molecule has 0 amide bonds. The van der Waals surface area contributed by atoms with Gasteiger partial charge in [0.1, 0.15) is 0 Å². The quantitative estimate of drug-likeness (QED) is 0.439. The van der Waals surface area contributed by atoms with Crippen molar-refractivity contribution in [1.82, 2.24) is 0 Å². The molecule has 5 nitrogen and oxygen atoms in total. The Morgan fingerprint density at radius 3 is 2.54 bits per heavy atom. The molecule has 0 atom stereocenters. The van der Waals surface area contributed by atoms with Gasteiger partial charge in [-0.05, 0) is 6.42 Å². The average Bonchev–Trinajstić information content (AvgIpc) is 2.03. The monoisotopic (exact) mass is 200 g/mol. The van der Waals surface area contributed by atoms with Crippen LogP contribution in [0.4, 0.5) is 0 Å². The van der Waals surface area contributed by atoms with Crippen molar-refractivity contribution in [3.8, 4) is 0 Å². The number of nitrogens with zero attached hydrogens (tertiary/aromatic N) is 2. The highest BCUT2D eigenvalue weighted by atomic mass is 32.2. The topological polar surface area (TPSA) is 87.6 Å². The smallest absolute Gasteiger partial charge is 0.358 e. The van der Waals surface area contributed by atoms with Crippen LogP contribution in [0.25, 0.3) is 5.53 Å². The summed E-state index contributed by atoms with van der Waals surface area (Å²) < 4.78 is 22.1. The predicted molar refractivity (Wildman–Crippen MR) is 45.8 cm³/mol. The highest BCUT2D eigenvalue weighted by Crippen LogP contribution is 2.17. The second-order valence-electron chi connectivity index (χ2n) is 2.79. The second-order valence-corrected chi connectivity index (χ2v) is 4.86. The lowest BCUT2D eigenvalue weighted by Crippen LogP contribution is -2.20. The van der Waals surface area contributed by atoms with Gasteiger partial charge >= 0.3 is 5.71 Å². The van der Waals surface area contributed by atoms with Crippen LogP contribution in [0.5, 0.6) is 0 Å². The fourth-order valence-corrected chi connectivity index (χ4v) is 1.85. The molecule has 0 aromatic carbocycles. The molecule has 70 valence electrons. The zero-order valence-corrected chi connectivity index (χ0v) is 7.84. The molecule has 1 aliphatic carbocycles. The molecule has 0 aromatic heterocycles. The van der Waals surface area contributed by atoms with E-state index in [1.807, 2.05) is 0 Å². The molecule has 0 unspecified atom stereocenters. The first-order valence-electron chi connectivity index (χ1n) is 3.61. The van der Waals surface area contributed by atoms with Crippen molar-refractivity contribution >= 4 is 21.3 Å². The van der Waals surface area contributed by atoms with Gasteiger partial charge in [0.05, 0.1) is 4.91 Å². The fraction of sp³-hybridized carbons (Fsp3) is 0.429. The largest absolute Gasteiger partial charge is 0.361 e. The van der Waals surface area contributed by atoms with E-state index in [0.717, 1.165) is 12.3 Å². The maximum Gasteiger partial charge on any atom is 0.358 e. The Morgan fingerprint density at radius 2 is 2.08 bits per heavy atom.